The van der Waals surface area contributed by atoms with Gasteiger partial charge in [-0.3, -0.25) is 0 Å². The Morgan fingerprint density at radius 1 is 1.16 bits per heavy atom. The molecule has 0 atom stereocenters. The van der Waals surface area contributed by atoms with Crippen LogP contribution in [-0.2, 0) is 6.61 Å². The highest BCUT2D eigenvalue weighted by atomic mass is 19.4. The second kappa shape index (κ2) is 7.23. The molecule has 0 aliphatic rings. The quantitative estimate of drug-likeness (QED) is 0.831. The molecule has 1 aromatic rings. The maximum absolute atomic E-state index is 12.0. The van der Waals surface area contributed by atoms with Gasteiger partial charge in [-0.05, 0) is 18.6 Å². The first-order chi connectivity index (χ1) is 8.96. The Balaban J connectivity index is 2.67. The van der Waals surface area contributed by atoms with Gasteiger partial charge in [-0.1, -0.05) is 6.92 Å². The number of rotatable bonds is 7. The van der Waals surface area contributed by atoms with Crippen molar-refractivity contribution < 1.29 is 27.8 Å². The highest BCUT2D eigenvalue weighted by Crippen LogP contribution is 2.27. The second-order valence-corrected chi connectivity index (χ2v) is 3.99. The molecule has 0 fully saturated rings. The molecule has 108 valence electrons. The maximum Gasteiger partial charge on any atom is 0.392 e. The molecule has 3 nitrogen and oxygen atoms in total. The van der Waals surface area contributed by atoms with E-state index in [2.05, 4.69) is 0 Å². The first kappa shape index (κ1) is 15.6. The van der Waals surface area contributed by atoms with Crippen molar-refractivity contribution in [2.75, 3.05) is 13.2 Å². The van der Waals surface area contributed by atoms with Gasteiger partial charge in [0.15, 0.2) is 0 Å². The summed E-state index contributed by atoms with van der Waals surface area (Å²) in [5, 5.41) is 9.10. The van der Waals surface area contributed by atoms with Gasteiger partial charge < -0.3 is 14.6 Å². The van der Waals surface area contributed by atoms with Crippen molar-refractivity contribution in [2.24, 2.45) is 0 Å². The Morgan fingerprint density at radius 3 is 2.47 bits per heavy atom. The lowest BCUT2D eigenvalue weighted by Crippen LogP contribution is -2.13. The number of hydrogen-bond donors (Lipinski definition) is 1. The summed E-state index contributed by atoms with van der Waals surface area (Å²) in [4.78, 5) is 0. The van der Waals surface area contributed by atoms with E-state index in [1.807, 2.05) is 6.92 Å². The van der Waals surface area contributed by atoms with Crippen molar-refractivity contribution in [1.82, 2.24) is 0 Å². The van der Waals surface area contributed by atoms with Gasteiger partial charge in [-0.25, -0.2) is 0 Å². The summed E-state index contributed by atoms with van der Waals surface area (Å²) in [6.07, 6.45) is -4.46. The molecule has 0 spiro atoms. The second-order valence-electron chi connectivity index (χ2n) is 3.99. The van der Waals surface area contributed by atoms with E-state index in [1.54, 1.807) is 12.1 Å². The fourth-order valence-corrected chi connectivity index (χ4v) is 1.39. The molecule has 0 aromatic heterocycles. The molecule has 0 heterocycles. The summed E-state index contributed by atoms with van der Waals surface area (Å²) >= 11 is 0. The highest BCUT2D eigenvalue weighted by Gasteiger charge is 2.27. The number of benzene rings is 1. The largest absolute Gasteiger partial charge is 0.493 e. The van der Waals surface area contributed by atoms with Crippen LogP contribution in [-0.4, -0.2) is 24.5 Å². The lowest BCUT2D eigenvalue weighted by Gasteiger charge is -2.13. The van der Waals surface area contributed by atoms with E-state index in [0.717, 1.165) is 6.42 Å². The predicted molar refractivity (Wildman–Crippen MR) is 64.3 cm³/mol. The van der Waals surface area contributed by atoms with Crippen LogP contribution in [0.25, 0.3) is 0 Å². The molecule has 0 radical (unpaired) electrons. The fraction of sp³-hybridized carbons (Fsp3) is 0.538. The Kier molecular flexibility index (Phi) is 5.95. The Morgan fingerprint density at radius 2 is 1.89 bits per heavy atom. The number of aliphatic hydroxyl groups excluding tert-OH is 1. The zero-order chi connectivity index (χ0) is 14.3. The van der Waals surface area contributed by atoms with Gasteiger partial charge in [-0.2, -0.15) is 13.2 Å². The fourth-order valence-electron chi connectivity index (χ4n) is 1.39. The third-order valence-corrected chi connectivity index (χ3v) is 2.32. The number of hydrogen-bond acceptors (Lipinski definition) is 3. The average Bonchev–Trinajstić information content (AvgIpc) is 2.35. The van der Waals surface area contributed by atoms with Crippen LogP contribution in [0.5, 0.6) is 11.5 Å². The smallest absolute Gasteiger partial charge is 0.392 e. The van der Waals surface area contributed by atoms with E-state index in [-0.39, 0.29) is 12.4 Å². The Labute approximate surface area is 110 Å². The summed E-state index contributed by atoms with van der Waals surface area (Å²) in [6, 6.07) is 4.73. The lowest BCUT2D eigenvalue weighted by molar-refractivity contribution is -0.139. The monoisotopic (exact) mass is 278 g/mol. The van der Waals surface area contributed by atoms with Crippen LogP contribution >= 0.6 is 0 Å². The topological polar surface area (TPSA) is 38.7 Å². The third-order valence-electron chi connectivity index (χ3n) is 2.32. The summed E-state index contributed by atoms with van der Waals surface area (Å²) in [7, 11) is 0. The standard InChI is InChI=1S/C13H17F3O3/c1-2-6-18-11-4-3-10(9-17)12(8-11)19-7-5-13(14,15)16/h3-4,8,17H,2,5-7,9H2,1H3. The minimum atomic E-state index is -4.25. The zero-order valence-corrected chi connectivity index (χ0v) is 10.7. The number of ether oxygens (including phenoxy) is 2. The molecule has 0 saturated heterocycles. The molecular formula is C13H17F3O3. The van der Waals surface area contributed by atoms with E-state index < -0.39 is 19.2 Å². The van der Waals surface area contributed by atoms with Gasteiger partial charge in [-0.15, -0.1) is 0 Å². The van der Waals surface area contributed by atoms with Crippen LogP contribution in [0.1, 0.15) is 25.3 Å². The van der Waals surface area contributed by atoms with Crippen molar-refractivity contribution in [1.29, 1.82) is 0 Å². The van der Waals surface area contributed by atoms with E-state index in [1.165, 1.54) is 6.07 Å². The highest BCUT2D eigenvalue weighted by molar-refractivity contribution is 5.40. The molecular weight excluding hydrogens is 261 g/mol. The van der Waals surface area contributed by atoms with Crippen LogP contribution in [0.2, 0.25) is 0 Å². The SMILES string of the molecule is CCCOc1ccc(CO)c(OCCC(F)(F)F)c1. The van der Waals surface area contributed by atoms with Crippen molar-refractivity contribution >= 4 is 0 Å². The van der Waals surface area contributed by atoms with Crippen LogP contribution < -0.4 is 9.47 Å². The van der Waals surface area contributed by atoms with Gasteiger partial charge in [0.25, 0.3) is 0 Å². The Bertz CT molecular complexity index is 391. The van der Waals surface area contributed by atoms with Gasteiger partial charge in [0.05, 0.1) is 26.2 Å². The van der Waals surface area contributed by atoms with Gasteiger partial charge in [0.1, 0.15) is 11.5 Å². The van der Waals surface area contributed by atoms with E-state index in [4.69, 9.17) is 14.6 Å². The summed E-state index contributed by atoms with van der Waals surface area (Å²) in [6.45, 7) is 1.69. The van der Waals surface area contributed by atoms with E-state index >= 15 is 0 Å². The van der Waals surface area contributed by atoms with Crippen molar-refractivity contribution in [3.05, 3.63) is 23.8 Å². The minimum Gasteiger partial charge on any atom is -0.493 e. The molecule has 1 rings (SSSR count). The van der Waals surface area contributed by atoms with Crippen LogP contribution in [0, 0.1) is 0 Å². The molecule has 1 aromatic carbocycles. The predicted octanol–water partition coefficient (Wildman–Crippen LogP) is 3.30. The summed E-state index contributed by atoms with van der Waals surface area (Å²) in [5.41, 5.74) is 0.436. The molecule has 0 unspecified atom stereocenters. The van der Waals surface area contributed by atoms with Crippen molar-refractivity contribution in [3.63, 3.8) is 0 Å². The first-order valence-corrected chi connectivity index (χ1v) is 6.02. The minimum absolute atomic E-state index is 0.223. The molecule has 0 saturated carbocycles. The number of aliphatic hydroxyl groups is 1. The van der Waals surface area contributed by atoms with Crippen LogP contribution in [0.4, 0.5) is 13.2 Å². The molecule has 1 N–H and O–H groups in total. The van der Waals surface area contributed by atoms with Gasteiger partial charge >= 0.3 is 6.18 Å². The maximum atomic E-state index is 12.0. The van der Waals surface area contributed by atoms with Crippen molar-refractivity contribution in [3.8, 4) is 11.5 Å². The average molecular weight is 278 g/mol. The first-order valence-electron chi connectivity index (χ1n) is 6.02. The molecule has 0 amide bonds. The van der Waals surface area contributed by atoms with Gasteiger partial charge in [0, 0.05) is 11.6 Å². The van der Waals surface area contributed by atoms with Crippen LogP contribution in [0.15, 0.2) is 18.2 Å². The van der Waals surface area contributed by atoms with Crippen molar-refractivity contribution in [2.45, 2.75) is 32.5 Å². The molecule has 0 bridgehead atoms. The number of halogens is 3. The van der Waals surface area contributed by atoms with Gasteiger partial charge in [0.2, 0.25) is 0 Å². The Hall–Kier alpha value is -1.43. The lowest BCUT2D eigenvalue weighted by atomic mass is 10.2. The normalized spacial score (nSPS) is 11.4. The summed E-state index contributed by atoms with van der Waals surface area (Å²) < 4.78 is 46.5. The zero-order valence-electron chi connectivity index (χ0n) is 10.7. The van der Waals surface area contributed by atoms with Crippen LogP contribution in [0.3, 0.4) is 0 Å². The summed E-state index contributed by atoms with van der Waals surface area (Å²) in [5.74, 6) is 0.737. The molecule has 0 aliphatic carbocycles. The molecule has 19 heavy (non-hydrogen) atoms. The number of alkyl halides is 3. The van der Waals surface area contributed by atoms with E-state index in [0.29, 0.717) is 17.9 Å². The molecule has 0 aliphatic heterocycles. The molecule has 6 heteroatoms. The third kappa shape index (κ3) is 5.83. The van der Waals surface area contributed by atoms with E-state index in [9.17, 15) is 13.2 Å².